The van der Waals surface area contributed by atoms with Gasteiger partial charge in [-0.05, 0) is 6.92 Å². The van der Waals surface area contributed by atoms with Crippen molar-refractivity contribution in [1.82, 2.24) is 4.98 Å². The summed E-state index contributed by atoms with van der Waals surface area (Å²) in [6, 6.07) is 0. The van der Waals surface area contributed by atoms with Gasteiger partial charge in [0.25, 0.3) is 0 Å². The van der Waals surface area contributed by atoms with Crippen LogP contribution in [-0.2, 0) is 9.47 Å². The molecule has 0 amide bonds. The molecule has 0 aliphatic rings. The lowest BCUT2D eigenvalue weighted by atomic mass is 10.5. The van der Waals surface area contributed by atoms with Gasteiger partial charge in [-0.3, -0.25) is 0 Å². The Kier molecular flexibility index (Phi) is 5.82. The summed E-state index contributed by atoms with van der Waals surface area (Å²) in [5.74, 6) is -0.792. The molecular formula is C7H8ClNO4S. The van der Waals surface area contributed by atoms with Crippen LogP contribution in [0.15, 0.2) is 10.9 Å². The van der Waals surface area contributed by atoms with E-state index >= 15 is 0 Å². The lowest BCUT2D eigenvalue weighted by Gasteiger charge is -1.99. The monoisotopic (exact) mass is 237 g/mol. The zero-order valence-corrected chi connectivity index (χ0v) is 8.89. The molecule has 1 aromatic heterocycles. The molecule has 14 heavy (non-hydrogen) atoms. The lowest BCUT2D eigenvalue weighted by Crippen LogP contribution is -2.13. The first-order chi connectivity index (χ1) is 6.24. The molecule has 0 atom stereocenters. The molecular weight excluding hydrogens is 230 g/mol. The van der Waals surface area contributed by atoms with Gasteiger partial charge in [0.1, 0.15) is 0 Å². The number of rotatable bonds is 2. The Balaban J connectivity index is 0.00000169. The Morgan fingerprint density at radius 3 is 2.79 bits per heavy atom. The first-order valence-electron chi connectivity index (χ1n) is 3.51. The molecule has 0 saturated carbocycles. The second kappa shape index (κ2) is 6.33. The maximum Gasteiger partial charge on any atom is 0.516 e. The molecule has 0 aliphatic carbocycles. The van der Waals surface area contributed by atoms with Crippen LogP contribution in [0.1, 0.15) is 17.4 Å². The van der Waals surface area contributed by atoms with Crippen LogP contribution in [0.5, 0.6) is 0 Å². The number of carbonyl (C=O) groups is 2. The van der Waals surface area contributed by atoms with Crippen molar-refractivity contribution in [2.45, 2.75) is 6.92 Å². The van der Waals surface area contributed by atoms with E-state index in [0.717, 1.165) is 0 Å². The Hall–Kier alpha value is -1.14. The highest BCUT2D eigenvalue weighted by atomic mass is 35.5. The summed E-state index contributed by atoms with van der Waals surface area (Å²) in [6.07, 6.45) is -1.000. The van der Waals surface area contributed by atoms with Gasteiger partial charge >= 0.3 is 12.1 Å². The van der Waals surface area contributed by atoms with Gasteiger partial charge in [-0.2, -0.15) is 0 Å². The molecule has 1 rings (SSSR count). The van der Waals surface area contributed by atoms with E-state index in [9.17, 15) is 9.59 Å². The number of carbonyl (C=O) groups excluding carboxylic acids is 2. The van der Waals surface area contributed by atoms with Crippen molar-refractivity contribution in [3.8, 4) is 0 Å². The average Bonchev–Trinajstić information content (AvgIpc) is 2.55. The van der Waals surface area contributed by atoms with Gasteiger partial charge < -0.3 is 9.47 Å². The van der Waals surface area contributed by atoms with Crippen LogP contribution in [0, 0.1) is 0 Å². The Morgan fingerprint density at radius 2 is 2.29 bits per heavy atom. The number of hydrogen-bond donors (Lipinski definition) is 0. The van der Waals surface area contributed by atoms with Crippen molar-refractivity contribution in [3.05, 3.63) is 16.6 Å². The minimum absolute atomic E-state index is 0. The molecule has 0 saturated heterocycles. The Bertz CT molecular complexity index is 301. The highest BCUT2D eigenvalue weighted by Crippen LogP contribution is 2.03. The zero-order valence-electron chi connectivity index (χ0n) is 7.26. The molecule has 0 unspecified atom stereocenters. The van der Waals surface area contributed by atoms with E-state index in [1.807, 2.05) is 0 Å². The fourth-order valence-electron chi connectivity index (χ4n) is 0.589. The summed E-state index contributed by atoms with van der Waals surface area (Å²) < 4.78 is 8.68. The number of esters is 1. The average molecular weight is 238 g/mol. The molecule has 0 radical (unpaired) electrons. The summed E-state index contributed by atoms with van der Waals surface area (Å²) >= 11 is 1.24. The number of halogens is 1. The molecule has 0 fully saturated rings. The molecule has 0 bridgehead atoms. The molecule has 78 valence electrons. The predicted molar refractivity (Wildman–Crippen MR) is 51.8 cm³/mol. The number of thiazole rings is 1. The fourth-order valence-corrected chi connectivity index (χ4v) is 1.11. The molecule has 0 aromatic carbocycles. The van der Waals surface area contributed by atoms with Crippen LogP contribution in [0.4, 0.5) is 4.79 Å². The third-order valence-corrected chi connectivity index (χ3v) is 1.67. The van der Waals surface area contributed by atoms with Crippen molar-refractivity contribution in [1.29, 1.82) is 0 Å². The Morgan fingerprint density at radius 1 is 1.57 bits per heavy atom. The van der Waals surface area contributed by atoms with Gasteiger partial charge in [-0.25, -0.2) is 14.6 Å². The highest BCUT2D eigenvalue weighted by Gasteiger charge is 2.14. The van der Waals surface area contributed by atoms with Crippen LogP contribution in [0.25, 0.3) is 0 Å². The van der Waals surface area contributed by atoms with E-state index in [2.05, 4.69) is 14.5 Å². The Labute approximate surface area is 90.5 Å². The summed E-state index contributed by atoms with van der Waals surface area (Å²) in [7, 11) is 0. The summed E-state index contributed by atoms with van der Waals surface area (Å²) in [4.78, 5) is 25.3. The second-order valence-electron chi connectivity index (χ2n) is 1.95. The molecule has 1 aromatic rings. The van der Waals surface area contributed by atoms with E-state index in [1.54, 1.807) is 6.92 Å². The first-order valence-corrected chi connectivity index (χ1v) is 4.45. The second-order valence-corrected chi connectivity index (χ2v) is 2.66. The van der Waals surface area contributed by atoms with Crippen LogP contribution in [-0.4, -0.2) is 23.7 Å². The fraction of sp³-hybridized carbons (Fsp3) is 0.286. The van der Waals surface area contributed by atoms with Crippen molar-refractivity contribution >= 4 is 35.9 Å². The first kappa shape index (κ1) is 12.9. The summed E-state index contributed by atoms with van der Waals surface area (Å²) in [6.45, 7) is 1.79. The van der Waals surface area contributed by atoms with Gasteiger partial charge in [0.05, 0.1) is 12.1 Å². The van der Waals surface area contributed by atoms with Gasteiger partial charge in [-0.1, -0.05) is 0 Å². The van der Waals surface area contributed by atoms with Crippen LogP contribution in [0.3, 0.4) is 0 Å². The van der Waals surface area contributed by atoms with Crippen LogP contribution in [0.2, 0.25) is 0 Å². The largest absolute Gasteiger partial charge is 0.516 e. The van der Waals surface area contributed by atoms with Crippen molar-refractivity contribution in [2.75, 3.05) is 6.61 Å². The molecule has 1 heterocycles. The van der Waals surface area contributed by atoms with E-state index in [4.69, 9.17) is 0 Å². The van der Waals surface area contributed by atoms with E-state index < -0.39 is 12.1 Å². The van der Waals surface area contributed by atoms with Gasteiger partial charge in [0.15, 0.2) is 5.69 Å². The summed E-state index contributed by atoms with van der Waals surface area (Å²) in [5, 5.41) is 1.49. The maximum atomic E-state index is 11.0. The maximum absolute atomic E-state index is 11.0. The minimum atomic E-state index is -1.000. The minimum Gasteiger partial charge on any atom is -0.434 e. The van der Waals surface area contributed by atoms with Gasteiger partial charge in [0.2, 0.25) is 0 Å². The molecule has 5 nitrogen and oxygen atoms in total. The predicted octanol–water partition coefficient (Wildman–Crippen LogP) is 1.88. The molecule has 0 spiro atoms. The van der Waals surface area contributed by atoms with Gasteiger partial charge in [0, 0.05) is 5.38 Å². The standard InChI is InChI=1S/C7H7NO4S.ClH/c1-2-11-7(10)12-6(9)5-3-13-4-8-5;/h3-4H,2H2,1H3;1H. The number of ether oxygens (including phenoxy) is 2. The third kappa shape index (κ3) is 3.71. The number of hydrogen-bond acceptors (Lipinski definition) is 6. The van der Waals surface area contributed by atoms with E-state index in [0.29, 0.717) is 0 Å². The number of nitrogens with zero attached hydrogens (tertiary/aromatic N) is 1. The van der Waals surface area contributed by atoms with E-state index in [1.165, 1.54) is 22.2 Å². The SMILES string of the molecule is CCOC(=O)OC(=O)c1cscn1.Cl. The van der Waals surface area contributed by atoms with Crippen LogP contribution < -0.4 is 0 Å². The van der Waals surface area contributed by atoms with Crippen molar-refractivity contribution in [3.63, 3.8) is 0 Å². The number of aromatic nitrogens is 1. The summed E-state index contributed by atoms with van der Waals surface area (Å²) in [5.41, 5.74) is 1.58. The molecule has 0 N–H and O–H groups in total. The smallest absolute Gasteiger partial charge is 0.434 e. The zero-order chi connectivity index (χ0) is 9.68. The van der Waals surface area contributed by atoms with Crippen molar-refractivity contribution < 1.29 is 19.1 Å². The van der Waals surface area contributed by atoms with E-state index in [-0.39, 0.29) is 24.7 Å². The lowest BCUT2D eigenvalue weighted by molar-refractivity contribution is 0.0397. The quantitative estimate of drug-likeness (QED) is 0.580. The topological polar surface area (TPSA) is 65.5 Å². The van der Waals surface area contributed by atoms with Crippen molar-refractivity contribution in [2.24, 2.45) is 0 Å². The normalized spacial score (nSPS) is 8.64. The van der Waals surface area contributed by atoms with Crippen LogP contribution >= 0.6 is 23.7 Å². The molecule has 0 aliphatic heterocycles. The van der Waals surface area contributed by atoms with Gasteiger partial charge in [-0.15, -0.1) is 23.7 Å². The third-order valence-electron chi connectivity index (χ3n) is 1.08. The highest BCUT2D eigenvalue weighted by molar-refractivity contribution is 7.07. The molecule has 7 heteroatoms.